The zero-order valence-corrected chi connectivity index (χ0v) is 13.8. The van der Waals surface area contributed by atoms with Gasteiger partial charge in [0.1, 0.15) is 0 Å². The molecule has 0 aliphatic heterocycles. The van der Waals surface area contributed by atoms with E-state index in [4.69, 9.17) is 24.4 Å². The standard InChI is InChI=1S/C14H28N2S2/c1-5-15-13(17)8-6-7-9-16-14(18)12(4)10-11(2)3/h11-12H,5-10H2,1-4H3,(H,15,17)(H,16,18). The van der Waals surface area contributed by atoms with Gasteiger partial charge < -0.3 is 10.6 Å². The maximum atomic E-state index is 5.39. The van der Waals surface area contributed by atoms with Crippen LogP contribution in [0.4, 0.5) is 0 Å². The predicted molar refractivity (Wildman–Crippen MR) is 89.3 cm³/mol. The molecule has 0 saturated heterocycles. The largest absolute Gasteiger partial charge is 0.380 e. The molecule has 0 aromatic heterocycles. The molecule has 1 unspecified atom stereocenters. The second-order valence-corrected chi connectivity index (χ2v) is 6.16. The van der Waals surface area contributed by atoms with Crippen molar-refractivity contribution in [2.24, 2.45) is 11.8 Å². The molecule has 106 valence electrons. The van der Waals surface area contributed by atoms with Crippen molar-refractivity contribution < 1.29 is 0 Å². The summed E-state index contributed by atoms with van der Waals surface area (Å²) in [5.41, 5.74) is 0. The molecule has 0 radical (unpaired) electrons. The van der Waals surface area contributed by atoms with Crippen LogP contribution >= 0.6 is 24.4 Å². The van der Waals surface area contributed by atoms with E-state index in [1.54, 1.807) is 0 Å². The molecule has 0 rings (SSSR count). The van der Waals surface area contributed by atoms with E-state index in [1.165, 1.54) is 0 Å². The van der Waals surface area contributed by atoms with Gasteiger partial charge in [-0.25, -0.2) is 0 Å². The Hall–Kier alpha value is -0.220. The van der Waals surface area contributed by atoms with Crippen molar-refractivity contribution in [2.75, 3.05) is 13.1 Å². The maximum absolute atomic E-state index is 5.39. The van der Waals surface area contributed by atoms with Crippen LogP contribution in [0.5, 0.6) is 0 Å². The number of unbranched alkanes of at least 4 members (excludes halogenated alkanes) is 1. The fraction of sp³-hybridized carbons (Fsp3) is 0.857. The molecule has 0 saturated carbocycles. The van der Waals surface area contributed by atoms with Crippen LogP contribution < -0.4 is 10.6 Å². The Morgan fingerprint density at radius 2 is 1.72 bits per heavy atom. The van der Waals surface area contributed by atoms with Crippen LogP contribution in [0.25, 0.3) is 0 Å². The molecule has 0 aliphatic rings. The highest BCUT2D eigenvalue weighted by Gasteiger charge is 2.09. The minimum atomic E-state index is 0.489. The van der Waals surface area contributed by atoms with Gasteiger partial charge in [-0.05, 0) is 38.5 Å². The van der Waals surface area contributed by atoms with Gasteiger partial charge in [0, 0.05) is 19.0 Å². The van der Waals surface area contributed by atoms with Crippen molar-refractivity contribution in [3.05, 3.63) is 0 Å². The molecule has 2 nitrogen and oxygen atoms in total. The molecule has 0 aromatic rings. The highest BCUT2D eigenvalue weighted by atomic mass is 32.1. The molecule has 2 N–H and O–H groups in total. The van der Waals surface area contributed by atoms with Crippen LogP contribution in [0.1, 0.15) is 53.4 Å². The van der Waals surface area contributed by atoms with Gasteiger partial charge in [0.05, 0.1) is 9.98 Å². The van der Waals surface area contributed by atoms with E-state index >= 15 is 0 Å². The monoisotopic (exact) mass is 288 g/mol. The smallest absolute Gasteiger partial charge is 0.0782 e. The first-order chi connectivity index (χ1) is 8.47. The van der Waals surface area contributed by atoms with Crippen LogP contribution in [-0.2, 0) is 0 Å². The first-order valence-corrected chi connectivity index (χ1v) is 7.83. The van der Waals surface area contributed by atoms with Crippen molar-refractivity contribution in [3.8, 4) is 0 Å². The van der Waals surface area contributed by atoms with Crippen LogP contribution in [0.15, 0.2) is 0 Å². The molecular formula is C14H28N2S2. The number of hydrogen-bond acceptors (Lipinski definition) is 2. The van der Waals surface area contributed by atoms with Crippen LogP contribution in [-0.4, -0.2) is 23.1 Å². The summed E-state index contributed by atoms with van der Waals surface area (Å²) in [4.78, 5) is 1.99. The molecule has 18 heavy (non-hydrogen) atoms. The summed E-state index contributed by atoms with van der Waals surface area (Å²) < 4.78 is 0. The molecule has 0 aromatic carbocycles. The lowest BCUT2D eigenvalue weighted by atomic mass is 9.99. The van der Waals surface area contributed by atoms with E-state index in [1.807, 2.05) is 0 Å². The Kier molecular flexibility index (Phi) is 10.5. The summed E-state index contributed by atoms with van der Waals surface area (Å²) in [7, 11) is 0. The molecule has 0 spiro atoms. The Morgan fingerprint density at radius 3 is 2.28 bits per heavy atom. The Morgan fingerprint density at radius 1 is 1.06 bits per heavy atom. The Bertz CT molecular complexity index is 252. The van der Waals surface area contributed by atoms with Gasteiger partial charge >= 0.3 is 0 Å². The summed E-state index contributed by atoms with van der Waals surface area (Å²) in [6.45, 7) is 10.6. The van der Waals surface area contributed by atoms with Crippen molar-refractivity contribution >= 4 is 34.4 Å². The van der Waals surface area contributed by atoms with Gasteiger partial charge in [0.15, 0.2) is 0 Å². The van der Waals surface area contributed by atoms with E-state index < -0.39 is 0 Å². The maximum Gasteiger partial charge on any atom is 0.0782 e. The van der Waals surface area contributed by atoms with Crippen LogP contribution in [0.2, 0.25) is 0 Å². The summed E-state index contributed by atoms with van der Waals surface area (Å²) in [6.07, 6.45) is 4.40. The molecule has 0 heterocycles. The average molecular weight is 289 g/mol. The first-order valence-electron chi connectivity index (χ1n) is 7.01. The fourth-order valence-corrected chi connectivity index (χ4v) is 2.38. The topological polar surface area (TPSA) is 24.1 Å². The molecule has 0 fully saturated rings. The van der Waals surface area contributed by atoms with Gasteiger partial charge in [-0.1, -0.05) is 45.2 Å². The first kappa shape index (κ1) is 17.8. The Balaban J connectivity index is 3.54. The van der Waals surface area contributed by atoms with Gasteiger partial charge in [-0.2, -0.15) is 0 Å². The van der Waals surface area contributed by atoms with E-state index in [2.05, 4.69) is 38.3 Å². The van der Waals surface area contributed by atoms with Crippen molar-refractivity contribution in [2.45, 2.75) is 53.4 Å². The number of nitrogens with one attached hydrogen (secondary N) is 2. The molecule has 0 amide bonds. The minimum absolute atomic E-state index is 0.489. The predicted octanol–water partition coefficient (Wildman–Crippen LogP) is 3.69. The highest BCUT2D eigenvalue weighted by Crippen LogP contribution is 2.11. The molecular weight excluding hydrogens is 260 g/mol. The van der Waals surface area contributed by atoms with Crippen LogP contribution in [0, 0.1) is 11.8 Å². The van der Waals surface area contributed by atoms with Gasteiger partial charge in [0.2, 0.25) is 0 Å². The molecule has 4 heteroatoms. The highest BCUT2D eigenvalue weighted by molar-refractivity contribution is 7.80. The van der Waals surface area contributed by atoms with E-state index in [0.29, 0.717) is 11.8 Å². The van der Waals surface area contributed by atoms with Gasteiger partial charge in [0.25, 0.3) is 0 Å². The third-order valence-corrected chi connectivity index (χ3v) is 3.67. The summed E-state index contributed by atoms with van der Waals surface area (Å²) in [5.74, 6) is 1.19. The minimum Gasteiger partial charge on any atom is -0.380 e. The third kappa shape index (κ3) is 9.77. The van der Waals surface area contributed by atoms with Gasteiger partial charge in [-0.3, -0.25) is 0 Å². The normalized spacial score (nSPS) is 12.3. The second kappa shape index (κ2) is 10.7. The van der Waals surface area contributed by atoms with Crippen molar-refractivity contribution in [1.29, 1.82) is 0 Å². The van der Waals surface area contributed by atoms with Crippen molar-refractivity contribution in [1.82, 2.24) is 10.6 Å². The van der Waals surface area contributed by atoms with E-state index in [9.17, 15) is 0 Å². The number of hydrogen-bond donors (Lipinski definition) is 2. The molecule has 1 atom stereocenters. The third-order valence-electron chi connectivity index (χ3n) is 2.78. The zero-order chi connectivity index (χ0) is 14.0. The summed E-state index contributed by atoms with van der Waals surface area (Å²) in [6, 6.07) is 0. The lowest BCUT2D eigenvalue weighted by Gasteiger charge is -2.16. The summed E-state index contributed by atoms with van der Waals surface area (Å²) >= 11 is 10.6. The van der Waals surface area contributed by atoms with Crippen LogP contribution in [0.3, 0.4) is 0 Å². The number of rotatable bonds is 9. The average Bonchev–Trinajstić information content (AvgIpc) is 2.27. The zero-order valence-electron chi connectivity index (χ0n) is 12.2. The van der Waals surface area contributed by atoms with E-state index in [-0.39, 0.29) is 0 Å². The Labute approximate surface area is 123 Å². The summed E-state index contributed by atoms with van der Waals surface area (Å²) in [5, 5.41) is 6.53. The quantitative estimate of drug-likeness (QED) is 0.499. The lowest BCUT2D eigenvalue weighted by Crippen LogP contribution is -2.29. The second-order valence-electron chi connectivity index (χ2n) is 5.23. The SMILES string of the molecule is CCNC(=S)CCCCNC(=S)C(C)CC(C)C. The van der Waals surface area contributed by atoms with Crippen molar-refractivity contribution in [3.63, 3.8) is 0 Å². The lowest BCUT2D eigenvalue weighted by molar-refractivity contribution is 0.516. The van der Waals surface area contributed by atoms with E-state index in [0.717, 1.165) is 48.7 Å². The molecule has 0 bridgehead atoms. The molecule has 0 aliphatic carbocycles. The number of thiocarbonyl (C=S) groups is 2. The van der Waals surface area contributed by atoms with Gasteiger partial charge in [-0.15, -0.1) is 0 Å². The fourth-order valence-electron chi connectivity index (χ4n) is 1.90.